The average molecular weight is 691 g/mol. The van der Waals surface area contributed by atoms with Crippen molar-refractivity contribution in [2.24, 2.45) is 5.41 Å². The Morgan fingerprint density at radius 2 is 1.88 bits per heavy atom. The van der Waals surface area contributed by atoms with E-state index in [1.165, 1.54) is 0 Å². The van der Waals surface area contributed by atoms with E-state index >= 15 is 4.39 Å². The van der Waals surface area contributed by atoms with Gasteiger partial charge in [-0.3, -0.25) is 0 Å². The molecule has 4 atom stereocenters. The summed E-state index contributed by atoms with van der Waals surface area (Å²) in [6.07, 6.45) is -2.78. The summed E-state index contributed by atoms with van der Waals surface area (Å²) in [6.45, 7) is 5.49. The number of hydrogen-bond acceptors (Lipinski definition) is 10. The largest absolute Gasteiger partial charge is 0.472 e. The highest BCUT2D eigenvalue weighted by Gasteiger charge is 2.48. The van der Waals surface area contributed by atoms with E-state index in [1.54, 1.807) is 0 Å². The monoisotopic (exact) mass is 690 g/mol. The number of likely N-dealkylation sites (tertiary alicyclic amines) is 1. The number of fused-ring (bicyclic) bond motifs is 5. The van der Waals surface area contributed by atoms with E-state index in [4.69, 9.17) is 20.2 Å². The van der Waals surface area contributed by atoms with Gasteiger partial charge in [-0.2, -0.15) is 31.9 Å². The zero-order valence-electron chi connectivity index (χ0n) is 27.0. The Morgan fingerprint density at radius 1 is 1.12 bits per heavy atom. The molecular formula is C33H36F6N8O2. The van der Waals surface area contributed by atoms with Crippen molar-refractivity contribution in [1.82, 2.24) is 30.2 Å². The van der Waals surface area contributed by atoms with E-state index < -0.39 is 46.7 Å². The fourth-order valence-corrected chi connectivity index (χ4v) is 8.16. The van der Waals surface area contributed by atoms with Crippen molar-refractivity contribution in [2.45, 2.75) is 82.8 Å². The van der Waals surface area contributed by atoms with Crippen LogP contribution in [0.3, 0.4) is 0 Å². The molecule has 4 fully saturated rings. The first-order chi connectivity index (χ1) is 23.3. The topological polar surface area (TPSA) is 115 Å². The van der Waals surface area contributed by atoms with Crippen LogP contribution in [0.1, 0.15) is 56.7 Å². The van der Waals surface area contributed by atoms with E-state index in [0.717, 1.165) is 38.7 Å². The van der Waals surface area contributed by atoms with E-state index in [9.17, 15) is 22.0 Å². The van der Waals surface area contributed by atoms with Gasteiger partial charge in [0.1, 0.15) is 34.3 Å². The van der Waals surface area contributed by atoms with Gasteiger partial charge in [0.05, 0.1) is 23.9 Å². The number of aryl methyl sites for hydroxylation is 1. The van der Waals surface area contributed by atoms with Gasteiger partial charge < -0.3 is 30.3 Å². The summed E-state index contributed by atoms with van der Waals surface area (Å²) in [6, 6.07) is 0.835. The van der Waals surface area contributed by atoms with Gasteiger partial charge in [-0.1, -0.05) is 0 Å². The van der Waals surface area contributed by atoms with Gasteiger partial charge in [0.15, 0.2) is 5.82 Å². The van der Waals surface area contributed by atoms with Gasteiger partial charge >= 0.3 is 12.2 Å². The Kier molecular flexibility index (Phi) is 7.63. The first-order valence-corrected chi connectivity index (χ1v) is 16.6. The number of pyridine rings is 2. The Morgan fingerprint density at radius 3 is 2.57 bits per heavy atom. The zero-order chi connectivity index (χ0) is 34.4. The van der Waals surface area contributed by atoms with E-state index in [-0.39, 0.29) is 64.3 Å². The first kappa shape index (κ1) is 32.3. The zero-order valence-corrected chi connectivity index (χ0v) is 27.0. The lowest BCUT2D eigenvalue weighted by atomic mass is 9.99. The number of piperidine rings is 1. The van der Waals surface area contributed by atoms with Gasteiger partial charge in [-0.05, 0) is 64.0 Å². The van der Waals surface area contributed by atoms with Crippen molar-refractivity contribution in [3.05, 3.63) is 34.8 Å². The second kappa shape index (κ2) is 11.6. The number of aromatic nitrogens is 4. The lowest BCUT2D eigenvalue weighted by Gasteiger charge is -2.42. The van der Waals surface area contributed by atoms with Crippen LogP contribution in [0, 0.1) is 18.2 Å². The van der Waals surface area contributed by atoms with Crippen LogP contribution in [-0.4, -0.2) is 81.9 Å². The highest BCUT2D eigenvalue weighted by Crippen LogP contribution is 2.49. The molecule has 5 aliphatic rings. The summed E-state index contributed by atoms with van der Waals surface area (Å²) >= 11 is 0. The molecule has 1 aliphatic carbocycles. The number of rotatable bonds is 6. The van der Waals surface area contributed by atoms with Crippen LogP contribution in [0.2, 0.25) is 0 Å². The molecule has 0 radical (unpaired) electrons. The van der Waals surface area contributed by atoms with E-state index in [1.807, 2.05) is 6.92 Å². The van der Waals surface area contributed by atoms with Gasteiger partial charge in [-0.15, -0.1) is 0 Å². The Labute approximate surface area is 278 Å². The van der Waals surface area contributed by atoms with E-state index in [2.05, 4.69) is 30.1 Å². The normalized spacial score (nSPS) is 26.0. The van der Waals surface area contributed by atoms with Crippen LogP contribution in [-0.2, 0) is 6.18 Å². The summed E-state index contributed by atoms with van der Waals surface area (Å²) in [7, 11) is 0. The summed E-state index contributed by atoms with van der Waals surface area (Å²) in [5.41, 5.74) is 2.81. The molecule has 4 aliphatic heterocycles. The molecular weight excluding hydrogens is 654 g/mol. The lowest BCUT2D eigenvalue weighted by Crippen LogP contribution is -2.62. The van der Waals surface area contributed by atoms with Crippen molar-refractivity contribution in [3.63, 3.8) is 0 Å². The second-order valence-electron chi connectivity index (χ2n) is 14.1. The number of halogens is 6. The van der Waals surface area contributed by atoms with Crippen molar-refractivity contribution in [1.29, 1.82) is 0 Å². The van der Waals surface area contributed by atoms with Gasteiger partial charge in [0.2, 0.25) is 5.88 Å². The Balaban J connectivity index is 1.21. The molecule has 10 nitrogen and oxygen atoms in total. The van der Waals surface area contributed by atoms with Crippen LogP contribution in [0.25, 0.3) is 22.2 Å². The number of alkyl halides is 3. The second-order valence-corrected chi connectivity index (χ2v) is 14.1. The third kappa shape index (κ3) is 5.69. The van der Waals surface area contributed by atoms with E-state index in [0.29, 0.717) is 44.8 Å². The number of anilines is 2. The highest BCUT2D eigenvalue weighted by molar-refractivity contribution is 5.97. The molecule has 3 N–H and O–H groups in total. The predicted molar refractivity (Wildman–Crippen MR) is 168 cm³/mol. The van der Waals surface area contributed by atoms with Crippen LogP contribution in [0.4, 0.5) is 38.0 Å². The Bertz CT molecular complexity index is 1850. The number of piperazine rings is 1. The van der Waals surface area contributed by atoms with Crippen LogP contribution in [0.15, 0.2) is 17.7 Å². The summed E-state index contributed by atoms with van der Waals surface area (Å²) in [5, 5.41) is 3.78. The van der Waals surface area contributed by atoms with Crippen molar-refractivity contribution in [3.8, 4) is 23.1 Å². The SMILES string of the molecule is Cc1nc(N)cc(-c2nc3c4c(nc(OCC5(CN6CCC(=C(F)F)CC6)CC5)nc4c2F)N2C[C@H]4CC[C@H](N4)[C@H]2[C@H](C)O3)c1C(F)(F)F. The molecule has 16 heteroatoms. The minimum absolute atomic E-state index is 0.0433. The van der Waals surface area contributed by atoms with Gasteiger partial charge in [0.25, 0.3) is 6.08 Å². The molecule has 1 saturated carbocycles. The number of nitrogens with zero attached hydrogens (tertiary/aromatic N) is 6. The number of nitrogens with one attached hydrogen (secondary N) is 1. The van der Waals surface area contributed by atoms with Crippen LogP contribution >= 0.6 is 0 Å². The number of nitrogens with two attached hydrogens (primary N) is 1. The predicted octanol–water partition coefficient (Wildman–Crippen LogP) is 5.63. The average Bonchev–Trinajstić information content (AvgIpc) is 3.73. The molecule has 262 valence electrons. The molecule has 0 unspecified atom stereocenters. The number of hydrogen-bond donors (Lipinski definition) is 2. The smallest absolute Gasteiger partial charge is 0.418 e. The minimum atomic E-state index is -4.88. The third-order valence-corrected chi connectivity index (χ3v) is 10.7. The first-order valence-electron chi connectivity index (χ1n) is 16.6. The molecule has 0 amide bonds. The van der Waals surface area contributed by atoms with Crippen LogP contribution < -0.4 is 25.4 Å². The van der Waals surface area contributed by atoms with Gasteiger partial charge in [0, 0.05) is 49.2 Å². The molecule has 0 spiro atoms. The highest BCUT2D eigenvalue weighted by atomic mass is 19.4. The summed E-state index contributed by atoms with van der Waals surface area (Å²) < 4.78 is 98.7. The summed E-state index contributed by atoms with van der Waals surface area (Å²) in [4.78, 5) is 21.7. The lowest BCUT2D eigenvalue weighted by molar-refractivity contribution is -0.137. The van der Waals surface area contributed by atoms with Crippen molar-refractivity contribution >= 4 is 22.5 Å². The molecule has 49 heavy (non-hydrogen) atoms. The van der Waals surface area contributed by atoms with Gasteiger partial charge in [-0.25, -0.2) is 14.4 Å². The maximum Gasteiger partial charge on any atom is 0.418 e. The maximum absolute atomic E-state index is 16.8. The molecule has 8 rings (SSSR count). The van der Waals surface area contributed by atoms with Crippen molar-refractivity contribution < 1.29 is 35.8 Å². The molecule has 7 heterocycles. The summed E-state index contributed by atoms with van der Waals surface area (Å²) in [5.74, 6) is -1.03. The molecule has 3 aromatic rings. The quantitative estimate of drug-likeness (QED) is 0.316. The third-order valence-electron chi connectivity index (χ3n) is 10.7. The fraction of sp³-hybridized carbons (Fsp3) is 0.576. The molecule has 3 saturated heterocycles. The molecule has 2 bridgehead atoms. The van der Waals surface area contributed by atoms with Crippen LogP contribution in [0.5, 0.6) is 11.9 Å². The Hall–Kier alpha value is -3.92. The molecule has 0 aromatic carbocycles. The standard InChI is InChI=1S/C33H36F6N8O2/c1-15-23(33(37,38)39)19(11-21(40)41-15)25-24(34)26-22-29(47-12-18-3-4-20(42-18)27(47)16(2)49-30(22)43-25)45-31(44-26)48-14-32(7-8-32)13-46-9-5-17(6-10-46)28(35)36/h11,16,18,20,27,42H,3-10,12-14H2,1-2H3,(H2,40,41)/t16-,18+,20-,27+/m0/s1. The fourth-order valence-electron chi connectivity index (χ4n) is 8.16. The molecule has 3 aromatic heterocycles. The van der Waals surface area contributed by atoms with Crippen molar-refractivity contribution in [2.75, 3.05) is 43.4 Å². The maximum atomic E-state index is 16.8. The number of ether oxygens (including phenoxy) is 2. The minimum Gasteiger partial charge on any atom is -0.472 e. The number of nitrogen functional groups attached to an aromatic ring is 1.